The zero-order valence-electron chi connectivity index (χ0n) is 11.0. The van der Waals surface area contributed by atoms with Gasteiger partial charge in [-0.1, -0.05) is 12.1 Å². The molecule has 0 aromatic heterocycles. The maximum Gasteiger partial charge on any atom is 0.0398 e. The minimum Gasteiger partial charge on any atom is -0.381 e. The summed E-state index contributed by atoms with van der Waals surface area (Å²) in [7, 11) is 0. The van der Waals surface area contributed by atoms with Crippen LogP contribution in [0.25, 0.3) is 0 Å². The highest BCUT2D eigenvalue weighted by Crippen LogP contribution is 2.16. The monoisotopic (exact) mass is 245 g/mol. The van der Waals surface area contributed by atoms with Crippen molar-refractivity contribution >= 4 is 5.69 Å². The lowest BCUT2D eigenvalue weighted by molar-refractivity contribution is 0.331. The Labute approximate surface area is 110 Å². The molecule has 0 spiro atoms. The summed E-state index contributed by atoms with van der Waals surface area (Å²) in [6.07, 6.45) is 3.97. The Bertz CT molecular complexity index is 325. The normalized spacial score (nSPS) is 24.6. The summed E-state index contributed by atoms with van der Waals surface area (Å²) < 4.78 is 0. The summed E-state index contributed by atoms with van der Waals surface area (Å²) in [5.74, 6) is 0. The molecule has 3 nitrogen and oxygen atoms in total. The maximum atomic E-state index is 3.59. The van der Waals surface area contributed by atoms with Crippen molar-refractivity contribution in [2.45, 2.75) is 31.8 Å². The number of benzene rings is 1. The molecule has 1 aromatic rings. The number of anilines is 1. The molecule has 98 valence electrons. The van der Waals surface area contributed by atoms with Crippen molar-refractivity contribution in [1.82, 2.24) is 10.2 Å². The van der Waals surface area contributed by atoms with Crippen molar-refractivity contribution < 1.29 is 0 Å². The molecule has 1 aromatic carbocycles. The molecular formula is C15H23N3. The molecule has 3 rings (SSSR count). The molecule has 0 amide bonds. The van der Waals surface area contributed by atoms with Crippen molar-refractivity contribution in [3.63, 3.8) is 0 Å². The van der Waals surface area contributed by atoms with Gasteiger partial charge in [0.05, 0.1) is 0 Å². The van der Waals surface area contributed by atoms with E-state index in [-0.39, 0.29) is 0 Å². The molecule has 2 aliphatic heterocycles. The first-order valence-corrected chi connectivity index (χ1v) is 7.19. The first-order chi connectivity index (χ1) is 8.90. The second-order valence-electron chi connectivity index (χ2n) is 5.51. The summed E-state index contributed by atoms with van der Waals surface area (Å²) in [5.41, 5.74) is 2.70. The molecule has 1 atom stereocenters. The van der Waals surface area contributed by atoms with Crippen LogP contribution in [-0.2, 0) is 6.54 Å². The Morgan fingerprint density at radius 2 is 1.94 bits per heavy atom. The van der Waals surface area contributed by atoms with Crippen LogP contribution in [0.5, 0.6) is 0 Å². The molecule has 1 unspecified atom stereocenters. The van der Waals surface area contributed by atoms with Crippen LogP contribution in [0.3, 0.4) is 0 Å². The van der Waals surface area contributed by atoms with Crippen molar-refractivity contribution in [3.8, 4) is 0 Å². The average molecular weight is 245 g/mol. The number of rotatable bonds is 4. The molecule has 2 heterocycles. The van der Waals surface area contributed by atoms with E-state index < -0.39 is 0 Å². The summed E-state index contributed by atoms with van der Waals surface area (Å²) in [6, 6.07) is 9.59. The van der Waals surface area contributed by atoms with Crippen LogP contribution in [0.2, 0.25) is 0 Å². The van der Waals surface area contributed by atoms with Gasteiger partial charge in [0.1, 0.15) is 0 Å². The zero-order chi connectivity index (χ0) is 12.2. The van der Waals surface area contributed by atoms with E-state index in [4.69, 9.17) is 0 Å². The molecule has 2 saturated heterocycles. The maximum absolute atomic E-state index is 3.59. The van der Waals surface area contributed by atoms with E-state index in [1.54, 1.807) is 0 Å². The molecule has 2 aliphatic rings. The van der Waals surface area contributed by atoms with Gasteiger partial charge in [0.2, 0.25) is 0 Å². The lowest BCUT2D eigenvalue weighted by Crippen LogP contribution is -2.22. The number of hydrogen-bond acceptors (Lipinski definition) is 3. The molecular weight excluding hydrogens is 222 g/mol. The Morgan fingerprint density at radius 1 is 1.17 bits per heavy atom. The Morgan fingerprint density at radius 3 is 2.61 bits per heavy atom. The van der Waals surface area contributed by atoms with Gasteiger partial charge in [-0.25, -0.2) is 0 Å². The summed E-state index contributed by atoms with van der Waals surface area (Å²) in [5, 5.41) is 6.97. The van der Waals surface area contributed by atoms with Gasteiger partial charge in [-0.2, -0.15) is 0 Å². The van der Waals surface area contributed by atoms with Crippen LogP contribution in [0, 0.1) is 0 Å². The number of nitrogens with one attached hydrogen (secondary N) is 2. The lowest BCUT2D eigenvalue weighted by atomic mass is 10.1. The minimum atomic E-state index is 0.606. The van der Waals surface area contributed by atoms with Gasteiger partial charge in [0.25, 0.3) is 0 Å². The van der Waals surface area contributed by atoms with Crippen LogP contribution in [-0.4, -0.2) is 37.1 Å². The molecule has 0 aliphatic carbocycles. The standard InChI is InChI=1S/C15H23N3/c1-2-10-18(9-1)12-13-3-5-14(6-4-13)17-15-7-8-16-11-15/h3-6,15-17H,1-2,7-12H2. The fraction of sp³-hybridized carbons (Fsp3) is 0.600. The summed E-state index contributed by atoms with van der Waals surface area (Å²) in [6.45, 7) is 5.90. The minimum absolute atomic E-state index is 0.606. The van der Waals surface area contributed by atoms with Crippen molar-refractivity contribution in [2.75, 3.05) is 31.5 Å². The Kier molecular flexibility index (Phi) is 3.81. The second-order valence-corrected chi connectivity index (χ2v) is 5.51. The van der Waals surface area contributed by atoms with Crippen LogP contribution in [0.4, 0.5) is 5.69 Å². The third kappa shape index (κ3) is 3.03. The quantitative estimate of drug-likeness (QED) is 0.850. The highest BCUT2D eigenvalue weighted by atomic mass is 15.1. The molecule has 18 heavy (non-hydrogen) atoms. The van der Waals surface area contributed by atoms with Crippen molar-refractivity contribution in [1.29, 1.82) is 0 Å². The molecule has 2 fully saturated rings. The van der Waals surface area contributed by atoms with E-state index in [0.29, 0.717) is 6.04 Å². The van der Waals surface area contributed by atoms with Gasteiger partial charge < -0.3 is 10.6 Å². The predicted molar refractivity (Wildman–Crippen MR) is 75.9 cm³/mol. The average Bonchev–Trinajstić information content (AvgIpc) is 3.05. The number of nitrogens with zero attached hydrogens (tertiary/aromatic N) is 1. The van der Waals surface area contributed by atoms with Crippen LogP contribution in [0.1, 0.15) is 24.8 Å². The molecule has 2 N–H and O–H groups in total. The van der Waals surface area contributed by atoms with E-state index in [9.17, 15) is 0 Å². The SMILES string of the molecule is c1cc(NC2CCNC2)ccc1CN1CCCC1. The highest BCUT2D eigenvalue weighted by molar-refractivity contribution is 5.45. The molecule has 0 bridgehead atoms. The predicted octanol–water partition coefficient (Wildman–Crippen LogP) is 2.06. The van der Waals surface area contributed by atoms with Gasteiger partial charge in [-0.3, -0.25) is 4.90 Å². The third-order valence-electron chi connectivity index (χ3n) is 3.99. The Hall–Kier alpha value is -1.06. The zero-order valence-corrected chi connectivity index (χ0v) is 11.0. The van der Waals surface area contributed by atoms with E-state index in [2.05, 4.69) is 39.8 Å². The van der Waals surface area contributed by atoms with Gasteiger partial charge in [0.15, 0.2) is 0 Å². The van der Waals surface area contributed by atoms with Crippen molar-refractivity contribution in [2.24, 2.45) is 0 Å². The van der Waals surface area contributed by atoms with Crippen LogP contribution < -0.4 is 10.6 Å². The molecule has 3 heteroatoms. The largest absolute Gasteiger partial charge is 0.381 e. The summed E-state index contributed by atoms with van der Waals surface area (Å²) in [4.78, 5) is 2.54. The second kappa shape index (κ2) is 5.72. The van der Waals surface area contributed by atoms with Crippen molar-refractivity contribution in [3.05, 3.63) is 29.8 Å². The molecule has 0 saturated carbocycles. The molecule has 0 radical (unpaired) electrons. The van der Waals surface area contributed by atoms with E-state index in [1.807, 2.05) is 0 Å². The lowest BCUT2D eigenvalue weighted by Gasteiger charge is -2.16. The van der Waals surface area contributed by atoms with E-state index >= 15 is 0 Å². The van der Waals surface area contributed by atoms with Crippen LogP contribution >= 0.6 is 0 Å². The number of likely N-dealkylation sites (tertiary alicyclic amines) is 1. The van der Waals surface area contributed by atoms with Gasteiger partial charge in [0, 0.05) is 24.8 Å². The Balaban J connectivity index is 1.54. The van der Waals surface area contributed by atoms with E-state index in [1.165, 1.54) is 43.6 Å². The fourth-order valence-electron chi connectivity index (χ4n) is 2.92. The van der Waals surface area contributed by atoms with Crippen LogP contribution in [0.15, 0.2) is 24.3 Å². The van der Waals surface area contributed by atoms with Gasteiger partial charge in [-0.05, 0) is 56.6 Å². The topological polar surface area (TPSA) is 27.3 Å². The summed E-state index contributed by atoms with van der Waals surface area (Å²) >= 11 is 0. The first kappa shape index (κ1) is 12.0. The highest BCUT2D eigenvalue weighted by Gasteiger charge is 2.14. The fourth-order valence-corrected chi connectivity index (χ4v) is 2.92. The van der Waals surface area contributed by atoms with Gasteiger partial charge in [-0.15, -0.1) is 0 Å². The first-order valence-electron chi connectivity index (χ1n) is 7.19. The number of hydrogen-bond donors (Lipinski definition) is 2. The third-order valence-corrected chi connectivity index (χ3v) is 3.99. The van der Waals surface area contributed by atoms with Gasteiger partial charge >= 0.3 is 0 Å². The van der Waals surface area contributed by atoms with E-state index in [0.717, 1.165) is 19.6 Å². The smallest absolute Gasteiger partial charge is 0.0398 e.